The molecular weight excluding hydrogens is 849 g/mol. The highest BCUT2D eigenvalue weighted by molar-refractivity contribution is 5.70. The van der Waals surface area contributed by atoms with Crippen molar-refractivity contribution >= 4 is 23.9 Å². The molecule has 4 N–H and O–H groups in total. The molecule has 0 saturated carbocycles. The Morgan fingerprint density at radius 1 is 0.364 bits per heavy atom. The van der Waals surface area contributed by atoms with E-state index in [-0.39, 0.29) is 26.2 Å². The number of hydrogen-bond acceptors (Lipinski definition) is 14. The van der Waals surface area contributed by atoms with Crippen molar-refractivity contribution in [3.05, 3.63) is 95.1 Å². The summed E-state index contributed by atoms with van der Waals surface area (Å²) in [5.41, 5.74) is 4.29. The van der Waals surface area contributed by atoms with E-state index in [0.717, 1.165) is 33.8 Å². The zero-order chi connectivity index (χ0) is 47.3. The first kappa shape index (κ1) is 51.8. The molecule has 0 amide bonds. The van der Waals surface area contributed by atoms with Gasteiger partial charge in [0.05, 0.1) is 40.4 Å². The Bertz CT molecular complexity index is 1760. The van der Waals surface area contributed by atoms with Crippen molar-refractivity contribution < 1.29 is 49.1 Å². The highest BCUT2D eigenvalue weighted by atomic mass is 16.5. The monoisotopic (exact) mass is 919 g/mol. The molecule has 0 radical (unpaired) electrons. The second-order valence-corrected chi connectivity index (χ2v) is 17.3. The molecule has 18 nitrogen and oxygen atoms in total. The topological polar surface area (TPSA) is 194 Å². The third-order valence-electron chi connectivity index (χ3n) is 12.2. The van der Waals surface area contributed by atoms with Crippen molar-refractivity contribution in [3.8, 4) is 11.5 Å². The molecular formula is C48H70N8O10. The molecule has 5 rings (SSSR count). The van der Waals surface area contributed by atoms with Crippen LogP contribution in [-0.4, -0.2) is 229 Å². The molecule has 0 unspecified atom stereocenters. The van der Waals surface area contributed by atoms with E-state index in [1.54, 1.807) is 14.2 Å². The van der Waals surface area contributed by atoms with Crippen LogP contribution in [0.5, 0.6) is 11.5 Å². The van der Waals surface area contributed by atoms with E-state index in [1.807, 2.05) is 74.2 Å². The molecule has 362 valence electrons. The molecule has 0 aliphatic carbocycles. The molecule has 0 atom stereocenters. The van der Waals surface area contributed by atoms with Gasteiger partial charge in [-0.15, -0.1) is 0 Å². The summed E-state index contributed by atoms with van der Waals surface area (Å²) in [5.74, 6) is -2.02. The summed E-state index contributed by atoms with van der Waals surface area (Å²) in [6.45, 7) is 11.1. The molecule has 0 spiro atoms. The molecule has 2 saturated heterocycles. The lowest BCUT2D eigenvalue weighted by molar-refractivity contribution is -0.139. The summed E-state index contributed by atoms with van der Waals surface area (Å²) in [5, 5.41) is 39.4. The van der Waals surface area contributed by atoms with Crippen LogP contribution in [0.3, 0.4) is 0 Å². The van der Waals surface area contributed by atoms with Gasteiger partial charge in [0, 0.05) is 131 Å². The van der Waals surface area contributed by atoms with E-state index in [9.17, 15) is 39.6 Å². The van der Waals surface area contributed by atoms with Crippen molar-refractivity contribution in [2.75, 3.05) is 145 Å². The first-order chi connectivity index (χ1) is 31.8. The maximum atomic E-state index is 12.0. The van der Waals surface area contributed by atoms with Gasteiger partial charge >= 0.3 is 23.9 Å². The van der Waals surface area contributed by atoms with E-state index in [4.69, 9.17) is 9.47 Å². The van der Waals surface area contributed by atoms with Gasteiger partial charge in [-0.2, -0.15) is 0 Å². The number of ether oxygens (including phenoxy) is 2. The second-order valence-electron chi connectivity index (χ2n) is 17.3. The Kier molecular flexibility index (Phi) is 21.5. The van der Waals surface area contributed by atoms with Gasteiger partial charge in [-0.1, -0.05) is 48.5 Å². The predicted molar refractivity (Wildman–Crippen MR) is 250 cm³/mol. The Hall–Kier alpha value is -5.18. The number of methoxy groups -OCH3 is 2. The quantitative estimate of drug-likeness (QED) is 0.144. The zero-order valence-electron chi connectivity index (χ0n) is 38.7. The van der Waals surface area contributed by atoms with Crippen LogP contribution in [0, 0.1) is 0 Å². The average molecular weight is 919 g/mol. The van der Waals surface area contributed by atoms with Crippen LogP contribution in [-0.2, 0) is 45.4 Å². The first-order valence-electron chi connectivity index (χ1n) is 22.8. The number of rotatable bonds is 18. The maximum absolute atomic E-state index is 12.0. The summed E-state index contributed by atoms with van der Waals surface area (Å²) in [7, 11) is 3.25. The molecule has 2 aliphatic rings. The zero-order valence-corrected chi connectivity index (χ0v) is 38.7. The Morgan fingerprint density at radius 3 is 0.818 bits per heavy atom. The Morgan fingerprint density at radius 2 is 0.591 bits per heavy atom. The SMILES string of the molecule is COc1ccc(CN2CCN(CC(=O)O)CCN(Cc3cccc(CN4CCN(CC(=O)O)CCN(Cc5ccc(OC)cc5)CCN(CC(=O)O)CC4)c3)CCN(CC(=O)O)CC2)cc1. The number of nitrogens with zero attached hydrogens (tertiary/aromatic N) is 8. The van der Waals surface area contributed by atoms with Gasteiger partial charge in [0.1, 0.15) is 11.5 Å². The fraction of sp³-hybridized carbons (Fsp3) is 0.542. The second kappa shape index (κ2) is 27.5. The third kappa shape index (κ3) is 19.3. The Labute approximate surface area is 389 Å². The minimum Gasteiger partial charge on any atom is -0.497 e. The summed E-state index contributed by atoms with van der Waals surface area (Å²) in [6.07, 6.45) is 0. The van der Waals surface area contributed by atoms with E-state index in [0.29, 0.717) is 131 Å². The summed E-state index contributed by atoms with van der Waals surface area (Å²) in [4.78, 5) is 65.0. The third-order valence-corrected chi connectivity index (χ3v) is 12.2. The number of carboxylic acids is 4. The minimum absolute atomic E-state index is 0.0869. The van der Waals surface area contributed by atoms with Crippen LogP contribution in [0.25, 0.3) is 0 Å². The van der Waals surface area contributed by atoms with Crippen molar-refractivity contribution in [3.63, 3.8) is 0 Å². The summed E-state index contributed by atoms with van der Waals surface area (Å²) < 4.78 is 10.6. The normalized spacial score (nSPS) is 18.6. The number of hydrogen-bond donors (Lipinski definition) is 4. The largest absolute Gasteiger partial charge is 0.497 e. The van der Waals surface area contributed by atoms with Crippen molar-refractivity contribution in [1.29, 1.82) is 0 Å². The van der Waals surface area contributed by atoms with Crippen LogP contribution < -0.4 is 9.47 Å². The van der Waals surface area contributed by atoms with Gasteiger partial charge < -0.3 is 29.9 Å². The molecule has 3 aromatic carbocycles. The molecule has 3 aromatic rings. The standard InChI is InChI=1S/C48H70N8O10/c1-65-43-10-6-39(7-11-43)31-49-14-22-53(35-45(57)58)26-18-51(19-27-54(23-15-49)36-46(59)60)33-41-4-3-5-42(30-41)34-52-20-28-55(37-47(61)62)24-16-50(17-25-56(29-21-52)38-48(63)64)32-40-8-12-44(66-2)13-9-40/h3-13,30H,14-29,31-38H2,1-2H3,(H,57,58)(H,59,60)(H,61,62)(H,63,64). The molecule has 2 fully saturated rings. The lowest BCUT2D eigenvalue weighted by Gasteiger charge is -2.34. The van der Waals surface area contributed by atoms with Crippen LogP contribution in [0.2, 0.25) is 0 Å². The maximum Gasteiger partial charge on any atom is 0.317 e. The summed E-state index contributed by atoms with van der Waals surface area (Å²) in [6, 6.07) is 24.0. The van der Waals surface area contributed by atoms with Crippen LogP contribution in [0.1, 0.15) is 22.3 Å². The predicted octanol–water partition coefficient (Wildman–Crippen LogP) is 1.89. The van der Waals surface area contributed by atoms with Crippen LogP contribution >= 0.6 is 0 Å². The summed E-state index contributed by atoms with van der Waals surface area (Å²) >= 11 is 0. The van der Waals surface area contributed by atoms with Crippen LogP contribution in [0.4, 0.5) is 0 Å². The number of carbonyl (C=O) groups is 4. The average Bonchev–Trinajstić information content (AvgIpc) is 3.28. The fourth-order valence-corrected chi connectivity index (χ4v) is 8.51. The van der Waals surface area contributed by atoms with E-state index in [2.05, 4.69) is 37.8 Å². The molecule has 2 heterocycles. The van der Waals surface area contributed by atoms with E-state index < -0.39 is 23.9 Å². The lowest BCUT2D eigenvalue weighted by atomic mass is 10.1. The molecule has 2 aliphatic heterocycles. The number of aliphatic carboxylic acids is 4. The van der Waals surface area contributed by atoms with Gasteiger partial charge in [-0.05, 0) is 46.5 Å². The smallest absolute Gasteiger partial charge is 0.317 e. The Balaban J connectivity index is 1.28. The van der Waals surface area contributed by atoms with Gasteiger partial charge in [0.25, 0.3) is 0 Å². The van der Waals surface area contributed by atoms with Gasteiger partial charge in [0.15, 0.2) is 0 Å². The number of carboxylic acid groups (broad SMARTS) is 4. The molecule has 0 aromatic heterocycles. The first-order valence-corrected chi connectivity index (χ1v) is 22.8. The van der Waals surface area contributed by atoms with Crippen molar-refractivity contribution in [2.45, 2.75) is 26.2 Å². The highest BCUT2D eigenvalue weighted by Gasteiger charge is 2.22. The molecule has 66 heavy (non-hydrogen) atoms. The van der Waals surface area contributed by atoms with E-state index in [1.165, 1.54) is 0 Å². The van der Waals surface area contributed by atoms with Gasteiger partial charge in [-0.25, -0.2) is 0 Å². The minimum atomic E-state index is -0.888. The molecule has 0 bridgehead atoms. The van der Waals surface area contributed by atoms with Gasteiger partial charge in [-0.3, -0.25) is 58.4 Å². The van der Waals surface area contributed by atoms with E-state index >= 15 is 0 Å². The lowest BCUT2D eigenvalue weighted by Crippen LogP contribution is -2.47. The fourth-order valence-electron chi connectivity index (χ4n) is 8.51. The number of benzene rings is 3. The van der Waals surface area contributed by atoms with Crippen molar-refractivity contribution in [2.24, 2.45) is 0 Å². The highest BCUT2D eigenvalue weighted by Crippen LogP contribution is 2.17. The van der Waals surface area contributed by atoms with Crippen LogP contribution in [0.15, 0.2) is 72.8 Å². The van der Waals surface area contributed by atoms with Crippen molar-refractivity contribution in [1.82, 2.24) is 39.2 Å². The van der Waals surface area contributed by atoms with Gasteiger partial charge in [0.2, 0.25) is 0 Å². The molecule has 18 heteroatoms.